The van der Waals surface area contributed by atoms with Crippen LogP contribution in [-0.4, -0.2) is 88.4 Å². The van der Waals surface area contributed by atoms with E-state index in [1.807, 2.05) is 32.0 Å². The standard InChI is InChI=1S/C22H29FN4O.2C2HF3O2/c1-15(2)24-21-19(22(28)26(3)4)13-17-9-11-27(12-10-20(17)25-21)14-16-5-7-18(23)8-6-16;2*3-2(4,5)1(6)7/h5-8,13,15H,9-12,14H2,1-4H3,(H,24,25);2*(H,6,7). The maximum Gasteiger partial charge on any atom is 0.490 e. The number of alkyl halides is 6. The Hall–Kier alpha value is -3.95. The molecule has 0 saturated carbocycles. The van der Waals surface area contributed by atoms with Crippen LogP contribution in [0.2, 0.25) is 0 Å². The number of hydrogen-bond acceptors (Lipinski definition) is 6. The molecule has 0 bridgehead atoms. The topological polar surface area (TPSA) is 123 Å². The van der Waals surface area contributed by atoms with Gasteiger partial charge in [-0.25, -0.2) is 19.0 Å². The SMILES string of the molecule is CC(C)Nc1nc2c(cc1C(=O)N(C)C)CCN(Cc1ccc(F)cc1)CC2.O=C(O)C(F)(F)F.O=C(O)C(F)(F)F. The highest BCUT2D eigenvalue weighted by Crippen LogP contribution is 2.24. The Bertz CT molecular complexity index is 1190. The fourth-order valence-corrected chi connectivity index (χ4v) is 3.47. The molecule has 1 aliphatic heterocycles. The number of nitrogens with zero attached hydrogens (tertiary/aromatic N) is 3. The van der Waals surface area contributed by atoms with E-state index in [-0.39, 0.29) is 17.8 Å². The lowest BCUT2D eigenvalue weighted by molar-refractivity contribution is -0.193. The zero-order valence-electron chi connectivity index (χ0n) is 23.1. The summed E-state index contributed by atoms with van der Waals surface area (Å²) < 4.78 is 76.6. The third-order valence-electron chi connectivity index (χ3n) is 5.42. The first-order chi connectivity index (χ1) is 19.2. The van der Waals surface area contributed by atoms with E-state index in [9.17, 15) is 35.5 Å². The highest BCUT2D eigenvalue weighted by Gasteiger charge is 2.38. The first-order valence-corrected chi connectivity index (χ1v) is 12.3. The second-order valence-electron chi connectivity index (χ2n) is 9.50. The Morgan fingerprint density at radius 3 is 1.86 bits per heavy atom. The average Bonchev–Trinajstić information content (AvgIpc) is 3.05. The molecular weight excluding hydrogens is 581 g/mol. The van der Waals surface area contributed by atoms with Crippen molar-refractivity contribution in [1.82, 2.24) is 14.8 Å². The number of benzene rings is 1. The van der Waals surface area contributed by atoms with Crippen LogP contribution in [0.25, 0.3) is 0 Å². The molecule has 1 aromatic carbocycles. The molecule has 234 valence electrons. The zero-order valence-corrected chi connectivity index (χ0v) is 23.1. The molecule has 2 heterocycles. The maximum absolute atomic E-state index is 13.1. The molecule has 1 aliphatic rings. The van der Waals surface area contributed by atoms with E-state index < -0.39 is 24.3 Å². The number of nitrogens with one attached hydrogen (secondary N) is 1. The number of pyridine rings is 1. The third-order valence-corrected chi connectivity index (χ3v) is 5.42. The number of aliphatic carboxylic acids is 2. The number of amides is 1. The number of carboxylic acids is 2. The third kappa shape index (κ3) is 12.3. The zero-order chi connectivity index (χ0) is 32.4. The van der Waals surface area contributed by atoms with Crippen LogP contribution in [0.3, 0.4) is 0 Å². The van der Waals surface area contributed by atoms with Crippen molar-refractivity contribution in [3.63, 3.8) is 0 Å². The fourth-order valence-electron chi connectivity index (χ4n) is 3.47. The van der Waals surface area contributed by atoms with Crippen molar-refractivity contribution in [2.75, 3.05) is 32.5 Å². The van der Waals surface area contributed by atoms with Crippen molar-refractivity contribution >= 4 is 23.7 Å². The van der Waals surface area contributed by atoms with E-state index in [0.29, 0.717) is 11.4 Å². The van der Waals surface area contributed by atoms with Gasteiger partial charge in [-0.15, -0.1) is 0 Å². The molecule has 3 N–H and O–H groups in total. The number of aromatic nitrogens is 1. The minimum Gasteiger partial charge on any atom is -0.475 e. The van der Waals surface area contributed by atoms with Gasteiger partial charge in [0.2, 0.25) is 0 Å². The van der Waals surface area contributed by atoms with E-state index in [1.165, 1.54) is 12.1 Å². The number of halogens is 7. The van der Waals surface area contributed by atoms with Gasteiger partial charge in [-0.2, -0.15) is 26.3 Å². The van der Waals surface area contributed by atoms with Crippen LogP contribution in [-0.2, 0) is 29.0 Å². The fraction of sp³-hybridized carbons (Fsp3) is 0.462. The van der Waals surface area contributed by atoms with Crippen LogP contribution in [0.4, 0.5) is 36.6 Å². The molecule has 2 aromatic rings. The number of carboxylic acid groups (broad SMARTS) is 2. The molecule has 1 aromatic heterocycles. The second-order valence-corrected chi connectivity index (χ2v) is 9.50. The number of fused-ring (bicyclic) bond motifs is 1. The van der Waals surface area contributed by atoms with Crippen molar-refractivity contribution in [2.45, 2.75) is 51.6 Å². The summed E-state index contributed by atoms with van der Waals surface area (Å²) in [6.45, 7) is 6.65. The highest BCUT2D eigenvalue weighted by molar-refractivity contribution is 5.98. The summed E-state index contributed by atoms with van der Waals surface area (Å²) in [5.74, 6) is -5.09. The van der Waals surface area contributed by atoms with Crippen molar-refractivity contribution in [3.8, 4) is 0 Å². The Balaban J connectivity index is 0.000000522. The van der Waals surface area contributed by atoms with Crippen LogP contribution < -0.4 is 5.32 Å². The summed E-state index contributed by atoms with van der Waals surface area (Å²) in [5.41, 5.74) is 3.93. The van der Waals surface area contributed by atoms with Gasteiger partial charge in [0.25, 0.3) is 5.91 Å². The van der Waals surface area contributed by atoms with Gasteiger partial charge in [-0.05, 0) is 49.6 Å². The normalized spacial score (nSPS) is 13.4. The van der Waals surface area contributed by atoms with Gasteiger partial charge in [0.05, 0.1) is 5.56 Å². The van der Waals surface area contributed by atoms with Crippen molar-refractivity contribution in [2.24, 2.45) is 0 Å². The first kappa shape index (κ1) is 36.1. The minimum atomic E-state index is -5.08. The smallest absolute Gasteiger partial charge is 0.475 e. The van der Waals surface area contributed by atoms with Crippen molar-refractivity contribution in [1.29, 1.82) is 0 Å². The predicted molar refractivity (Wildman–Crippen MR) is 137 cm³/mol. The van der Waals surface area contributed by atoms with Crippen LogP contribution in [0.15, 0.2) is 30.3 Å². The molecule has 1 amide bonds. The molecule has 3 rings (SSSR count). The van der Waals surface area contributed by atoms with Crippen LogP contribution in [0, 0.1) is 5.82 Å². The van der Waals surface area contributed by atoms with Crippen LogP contribution >= 0.6 is 0 Å². The Morgan fingerprint density at radius 1 is 0.952 bits per heavy atom. The van der Waals surface area contributed by atoms with Crippen molar-refractivity contribution < 1.29 is 55.3 Å². The lowest BCUT2D eigenvalue weighted by Crippen LogP contribution is -2.25. The van der Waals surface area contributed by atoms with Crippen LogP contribution in [0.5, 0.6) is 0 Å². The van der Waals surface area contributed by atoms with E-state index >= 15 is 0 Å². The summed E-state index contributed by atoms with van der Waals surface area (Å²) in [5, 5.41) is 17.6. The summed E-state index contributed by atoms with van der Waals surface area (Å²) >= 11 is 0. The molecular formula is C26H31F7N4O5. The van der Waals surface area contributed by atoms with Gasteiger partial charge < -0.3 is 20.4 Å². The van der Waals surface area contributed by atoms with Crippen LogP contribution in [0.1, 0.15) is 41.0 Å². The molecule has 0 radical (unpaired) electrons. The van der Waals surface area contributed by atoms with Gasteiger partial charge in [0.1, 0.15) is 11.6 Å². The summed E-state index contributed by atoms with van der Waals surface area (Å²) in [6.07, 6.45) is -8.49. The van der Waals surface area contributed by atoms with Crippen molar-refractivity contribution in [3.05, 3.63) is 58.5 Å². The Kier molecular flexibility index (Phi) is 13.2. The number of rotatable bonds is 5. The highest BCUT2D eigenvalue weighted by atomic mass is 19.4. The summed E-state index contributed by atoms with van der Waals surface area (Å²) in [6, 6.07) is 8.89. The Labute approximate surface area is 236 Å². The van der Waals surface area contributed by atoms with Gasteiger partial charge in [0, 0.05) is 51.9 Å². The van der Waals surface area contributed by atoms with Gasteiger partial charge in [-0.3, -0.25) is 9.69 Å². The number of anilines is 1. The Morgan fingerprint density at radius 2 is 1.43 bits per heavy atom. The van der Waals surface area contributed by atoms with Gasteiger partial charge in [-0.1, -0.05) is 12.1 Å². The molecule has 0 atom stereocenters. The molecule has 42 heavy (non-hydrogen) atoms. The van der Waals surface area contributed by atoms with Gasteiger partial charge in [0.15, 0.2) is 0 Å². The lowest BCUT2D eigenvalue weighted by Gasteiger charge is -2.19. The summed E-state index contributed by atoms with van der Waals surface area (Å²) in [4.78, 5) is 39.2. The quantitative estimate of drug-likeness (QED) is 0.419. The number of carbonyl (C=O) groups excluding carboxylic acids is 1. The lowest BCUT2D eigenvalue weighted by atomic mass is 10.0. The van der Waals surface area contributed by atoms with Gasteiger partial charge >= 0.3 is 24.3 Å². The first-order valence-electron chi connectivity index (χ1n) is 12.3. The van der Waals surface area contributed by atoms with E-state index in [4.69, 9.17) is 24.8 Å². The molecule has 0 fully saturated rings. The minimum absolute atomic E-state index is 0.0362. The van der Waals surface area contributed by atoms with E-state index in [1.54, 1.807) is 19.0 Å². The van der Waals surface area contributed by atoms with E-state index in [2.05, 4.69) is 10.2 Å². The van der Waals surface area contributed by atoms with E-state index in [0.717, 1.165) is 49.3 Å². The maximum atomic E-state index is 13.1. The number of hydrogen-bond donors (Lipinski definition) is 3. The molecule has 0 saturated heterocycles. The monoisotopic (exact) mass is 612 g/mol. The molecule has 9 nitrogen and oxygen atoms in total. The number of carbonyl (C=O) groups is 3. The second kappa shape index (κ2) is 15.3. The molecule has 0 unspecified atom stereocenters. The largest absolute Gasteiger partial charge is 0.490 e. The molecule has 0 spiro atoms. The molecule has 0 aliphatic carbocycles. The predicted octanol–water partition coefficient (Wildman–Crippen LogP) is 4.61. The average molecular weight is 613 g/mol. The molecule has 16 heteroatoms. The summed E-state index contributed by atoms with van der Waals surface area (Å²) in [7, 11) is 3.52.